The minimum Gasteiger partial charge on any atom is -0.395 e. The molecule has 0 radical (unpaired) electrons. The largest absolute Gasteiger partial charge is 0.395 e. The van der Waals surface area contributed by atoms with Crippen LogP contribution in [0.25, 0.3) is 0 Å². The Kier molecular flexibility index (Phi) is 2.58. The lowest BCUT2D eigenvalue weighted by atomic mass is 10.1. The summed E-state index contributed by atoms with van der Waals surface area (Å²) in [6, 6.07) is 1.81. The second-order valence-corrected chi connectivity index (χ2v) is 4.55. The van der Waals surface area contributed by atoms with Gasteiger partial charge in [-0.3, -0.25) is 4.90 Å². The normalized spacial score (nSPS) is 38.1. The summed E-state index contributed by atoms with van der Waals surface area (Å²) >= 11 is 0. The fourth-order valence-electron chi connectivity index (χ4n) is 2.23. The minimum atomic E-state index is 0.313. The van der Waals surface area contributed by atoms with Gasteiger partial charge in [0.15, 0.2) is 0 Å². The van der Waals surface area contributed by atoms with Crippen molar-refractivity contribution in [1.29, 1.82) is 0 Å². The zero-order valence-electron chi connectivity index (χ0n) is 8.61. The van der Waals surface area contributed by atoms with Crippen molar-refractivity contribution >= 4 is 0 Å². The molecule has 2 atom stereocenters. The molecule has 1 aliphatic carbocycles. The maximum absolute atomic E-state index is 9.27. The van der Waals surface area contributed by atoms with Gasteiger partial charge in [0.25, 0.3) is 0 Å². The summed E-state index contributed by atoms with van der Waals surface area (Å²) < 4.78 is 0. The Labute approximate surface area is 80.3 Å². The van der Waals surface area contributed by atoms with Crippen LogP contribution in [0.4, 0.5) is 0 Å². The highest BCUT2D eigenvalue weighted by atomic mass is 16.3. The van der Waals surface area contributed by atoms with Gasteiger partial charge in [-0.1, -0.05) is 0 Å². The van der Waals surface area contributed by atoms with Crippen LogP contribution in [0.15, 0.2) is 0 Å². The zero-order chi connectivity index (χ0) is 9.42. The fourth-order valence-corrected chi connectivity index (χ4v) is 2.23. The van der Waals surface area contributed by atoms with E-state index in [9.17, 15) is 5.11 Å². The van der Waals surface area contributed by atoms with Crippen LogP contribution < -0.4 is 0 Å². The third-order valence-electron chi connectivity index (χ3n) is 3.42. The predicted molar refractivity (Wildman–Crippen MR) is 52.7 cm³/mol. The van der Waals surface area contributed by atoms with Crippen molar-refractivity contribution in [2.45, 2.75) is 37.9 Å². The van der Waals surface area contributed by atoms with Crippen LogP contribution in [-0.2, 0) is 0 Å². The van der Waals surface area contributed by atoms with Crippen LogP contribution in [0.3, 0.4) is 0 Å². The van der Waals surface area contributed by atoms with Gasteiger partial charge in [0.2, 0.25) is 0 Å². The highest BCUT2D eigenvalue weighted by molar-refractivity contribution is 4.94. The van der Waals surface area contributed by atoms with Crippen molar-refractivity contribution in [3.63, 3.8) is 0 Å². The third kappa shape index (κ3) is 1.87. The van der Waals surface area contributed by atoms with Crippen LogP contribution in [0.5, 0.6) is 0 Å². The average molecular weight is 184 g/mol. The van der Waals surface area contributed by atoms with Gasteiger partial charge in [-0.25, -0.2) is 0 Å². The first-order valence-corrected chi connectivity index (χ1v) is 5.29. The number of hydrogen-bond acceptors (Lipinski definition) is 3. The summed E-state index contributed by atoms with van der Waals surface area (Å²) in [5.41, 5.74) is 0. The quantitative estimate of drug-likeness (QED) is 0.661. The van der Waals surface area contributed by atoms with Gasteiger partial charge in [0.05, 0.1) is 6.61 Å². The Morgan fingerprint density at radius 3 is 2.54 bits per heavy atom. The van der Waals surface area contributed by atoms with Crippen LogP contribution in [0, 0.1) is 0 Å². The molecule has 1 aliphatic heterocycles. The van der Waals surface area contributed by atoms with Crippen molar-refractivity contribution in [3.05, 3.63) is 0 Å². The molecular weight excluding hydrogens is 164 g/mol. The van der Waals surface area contributed by atoms with E-state index < -0.39 is 0 Å². The smallest absolute Gasteiger partial charge is 0.0599 e. The van der Waals surface area contributed by atoms with E-state index in [1.165, 1.54) is 12.8 Å². The summed E-state index contributed by atoms with van der Waals surface area (Å²) in [4.78, 5) is 4.85. The number of rotatable bonds is 2. The molecule has 0 amide bonds. The highest BCUT2D eigenvalue weighted by Crippen LogP contribution is 2.31. The maximum Gasteiger partial charge on any atom is 0.0599 e. The molecule has 0 bridgehead atoms. The van der Waals surface area contributed by atoms with Gasteiger partial charge < -0.3 is 10.0 Å². The number of piperazine rings is 1. The molecule has 0 aromatic heterocycles. The lowest BCUT2D eigenvalue weighted by molar-refractivity contribution is 0.0172. The summed E-state index contributed by atoms with van der Waals surface area (Å²) in [5, 5.41) is 9.27. The summed E-state index contributed by atoms with van der Waals surface area (Å²) in [6.07, 6.45) is 2.68. The average Bonchev–Trinajstić information content (AvgIpc) is 2.92. The number of aliphatic hydroxyl groups excluding tert-OH is 1. The molecule has 2 rings (SSSR count). The second-order valence-electron chi connectivity index (χ2n) is 4.55. The van der Waals surface area contributed by atoms with Crippen molar-refractivity contribution in [2.24, 2.45) is 0 Å². The third-order valence-corrected chi connectivity index (χ3v) is 3.42. The Balaban J connectivity index is 1.98. The molecule has 1 N–H and O–H groups in total. The molecule has 0 spiro atoms. The van der Waals surface area contributed by atoms with E-state index in [1.54, 1.807) is 0 Å². The van der Waals surface area contributed by atoms with Crippen molar-refractivity contribution in [3.8, 4) is 0 Å². The number of aliphatic hydroxyl groups is 1. The van der Waals surface area contributed by atoms with Crippen LogP contribution in [0.2, 0.25) is 0 Å². The Morgan fingerprint density at radius 2 is 2.00 bits per heavy atom. The molecule has 0 aromatic rings. The Morgan fingerprint density at radius 1 is 1.31 bits per heavy atom. The molecule has 2 aliphatic rings. The van der Waals surface area contributed by atoms with E-state index in [0.717, 1.165) is 19.1 Å². The van der Waals surface area contributed by atoms with Crippen molar-refractivity contribution in [1.82, 2.24) is 9.80 Å². The van der Waals surface area contributed by atoms with Crippen LogP contribution in [0.1, 0.15) is 19.8 Å². The lowest BCUT2D eigenvalue weighted by Gasteiger charge is -2.43. The Bertz CT molecular complexity index is 182. The molecule has 2 fully saturated rings. The van der Waals surface area contributed by atoms with E-state index in [4.69, 9.17) is 0 Å². The molecule has 0 aromatic carbocycles. The first kappa shape index (κ1) is 9.44. The topological polar surface area (TPSA) is 26.7 Å². The van der Waals surface area contributed by atoms with Gasteiger partial charge in [-0.2, -0.15) is 0 Å². The summed E-state index contributed by atoms with van der Waals surface area (Å²) in [6.45, 7) is 4.73. The first-order valence-electron chi connectivity index (χ1n) is 5.29. The van der Waals surface area contributed by atoms with Crippen molar-refractivity contribution < 1.29 is 5.11 Å². The van der Waals surface area contributed by atoms with Gasteiger partial charge in [0, 0.05) is 31.2 Å². The van der Waals surface area contributed by atoms with Gasteiger partial charge in [-0.15, -0.1) is 0 Å². The van der Waals surface area contributed by atoms with Gasteiger partial charge in [0.1, 0.15) is 0 Å². The molecule has 13 heavy (non-hydrogen) atoms. The summed E-state index contributed by atoms with van der Waals surface area (Å²) in [5.74, 6) is 0. The molecule has 76 valence electrons. The molecule has 1 saturated heterocycles. The predicted octanol–water partition coefficient (Wildman–Crippen LogP) is 0.146. The molecule has 3 heteroatoms. The van der Waals surface area contributed by atoms with Gasteiger partial charge >= 0.3 is 0 Å². The molecular formula is C10H20N2O. The number of hydrogen-bond donors (Lipinski definition) is 1. The molecule has 1 saturated carbocycles. The van der Waals surface area contributed by atoms with E-state index >= 15 is 0 Å². The molecule has 3 nitrogen and oxygen atoms in total. The number of likely N-dealkylation sites (N-methyl/N-ethyl adjacent to an activating group) is 1. The SMILES string of the molecule is CC1CN(C2CC2)C(CO)CN1C. The standard InChI is InChI=1S/C10H20N2O/c1-8-5-12(9-3-4-9)10(7-13)6-11(8)2/h8-10,13H,3-7H2,1-2H3. The first-order chi connectivity index (χ1) is 6.22. The minimum absolute atomic E-state index is 0.313. The fraction of sp³-hybridized carbons (Fsp3) is 1.00. The molecule has 2 unspecified atom stereocenters. The highest BCUT2D eigenvalue weighted by Gasteiger charge is 2.38. The molecule has 1 heterocycles. The van der Waals surface area contributed by atoms with Crippen LogP contribution in [-0.4, -0.2) is 59.8 Å². The second kappa shape index (κ2) is 3.56. The Hall–Kier alpha value is -0.120. The lowest BCUT2D eigenvalue weighted by Crippen LogP contribution is -2.57. The van der Waals surface area contributed by atoms with E-state index in [-0.39, 0.29) is 0 Å². The van der Waals surface area contributed by atoms with E-state index in [2.05, 4.69) is 23.8 Å². The number of nitrogens with zero attached hydrogens (tertiary/aromatic N) is 2. The zero-order valence-corrected chi connectivity index (χ0v) is 8.61. The van der Waals surface area contributed by atoms with E-state index in [1.807, 2.05) is 0 Å². The monoisotopic (exact) mass is 184 g/mol. The van der Waals surface area contributed by atoms with Gasteiger partial charge in [-0.05, 0) is 26.8 Å². The summed E-state index contributed by atoms with van der Waals surface area (Å²) in [7, 11) is 2.15. The maximum atomic E-state index is 9.27. The van der Waals surface area contributed by atoms with Crippen molar-refractivity contribution in [2.75, 3.05) is 26.7 Å². The van der Waals surface area contributed by atoms with Crippen LogP contribution >= 0.6 is 0 Å². The van der Waals surface area contributed by atoms with E-state index in [0.29, 0.717) is 18.7 Å².